The minimum absolute atomic E-state index is 0.0386. The number of hydrogen-bond acceptors (Lipinski definition) is 3. The Morgan fingerprint density at radius 3 is 2.39 bits per heavy atom. The summed E-state index contributed by atoms with van der Waals surface area (Å²) in [6, 6.07) is 6.53. The van der Waals surface area contributed by atoms with Crippen LogP contribution in [0.5, 0.6) is 0 Å². The lowest BCUT2D eigenvalue weighted by Crippen LogP contribution is -2.39. The van der Waals surface area contributed by atoms with Crippen LogP contribution in [0.2, 0.25) is 0 Å². The summed E-state index contributed by atoms with van der Waals surface area (Å²) < 4.78 is 26.9. The molecule has 0 aromatic heterocycles. The summed E-state index contributed by atoms with van der Waals surface area (Å²) in [6.45, 7) is 3.26. The molecule has 23 heavy (non-hydrogen) atoms. The molecule has 1 N–H and O–H groups in total. The first-order chi connectivity index (χ1) is 11.0. The Labute approximate surface area is 138 Å². The third-order valence-electron chi connectivity index (χ3n) is 4.86. The van der Waals surface area contributed by atoms with Gasteiger partial charge in [0.2, 0.25) is 15.9 Å². The number of carbonyl (C=O) groups is 1. The molecule has 126 valence electrons. The molecule has 2 aliphatic rings. The number of carbonyl (C=O) groups excluding carboxylic acids is 1. The van der Waals surface area contributed by atoms with E-state index in [0.29, 0.717) is 29.6 Å². The van der Waals surface area contributed by atoms with Crippen LogP contribution in [0.15, 0.2) is 29.2 Å². The summed E-state index contributed by atoms with van der Waals surface area (Å²) >= 11 is 0. The topological polar surface area (TPSA) is 66.5 Å². The van der Waals surface area contributed by atoms with Gasteiger partial charge in [-0.1, -0.05) is 13.3 Å². The predicted molar refractivity (Wildman–Crippen MR) is 89.6 cm³/mol. The quantitative estimate of drug-likeness (QED) is 0.919. The maximum Gasteiger partial charge on any atom is 0.243 e. The van der Waals surface area contributed by atoms with E-state index in [-0.39, 0.29) is 11.8 Å². The van der Waals surface area contributed by atoms with Gasteiger partial charge in [-0.2, -0.15) is 4.31 Å². The fourth-order valence-electron chi connectivity index (χ4n) is 3.14. The summed E-state index contributed by atoms with van der Waals surface area (Å²) in [7, 11) is -3.43. The molecule has 1 aromatic carbocycles. The molecule has 1 saturated carbocycles. The fraction of sp³-hybridized carbons (Fsp3) is 0.588. The number of sulfonamides is 1. The normalized spacial score (nSPS) is 23.3. The van der Waals surface area contributed by atoms with Crippen molar-refractivity contribution < 1.29 is 13.2 Å². The van der Waals surface area contributed by atoms with Crippen molar-refractivity contribution in [2.45, 2.75) is 43.9 Å². The molecule has 1 unspecified atom stereocenters. The van der Waals surface area contributed by atoms with Crippen LogP contribution in [-0.4, -0.2) is 31.7 Å². The number of rotatable bonds is 4. The van der Waals surface area contributed by atoms with Crippen molar-refractivity contribution in [3.05, 3.63) is 24.3 Å². The molecule has 1 aliphatic carbocycles. The van der Waals surface area contributed by atoms with Gasteiger partial charge in [0.25, 0.3) is 0 Å². The highest BCUT2D eigenvalue weighted by molar-refractivity contribution is 7.89. The Morgan fingerprint density at radius 2 is 1.83 bits per heavy atom. The van der Waals surface area contributed by atoms with Crippen LogP contribution in [0, 0.1) is 11.8 Å². The molecule has 1 amide bonds. The van der Waals surface area contributed by atoms with Crippen LogP contribution in [-0.2, 0) is 14.8 Å². The Hall–Kier alpha value is -1.40. The van der Waals surface area contributed by atoms with Gasteiger partial charge >= 0.3 is 0 Å². The molecule has 3 rings (SSSR count). The van der Waals surface area contributed by atoms with Gasteiger partial charge in [-0.25, -0.2) is 8.42 Å². The monoisotopic (exact) mass is 336 g/mol. The highest BCUT2D eigenvalue weighted by atomic mass is 32.2. The molecule has 0 bridgehead atoms. The first-order valence-electron chi connectivity index (χ1n) is 8.38. The SMILES string of the molecule is CC1CCCN(S(=O)(=O)c2ccc(NC(=O)C3CCC3)cc2)C1. The fourth-order valence-corrected chi connectivity index (χ4v) is 4.74. The largest absolute Gasteiger partial charge is 0.326 e. The summed E-state index contributed by atoms with van der Waals surface area (Å²) in [6.07, 6.45) is 5.01. The second-order valence-electron chi connectivity index (χ2n) is 6.75. The van der Waals surface area contributed by atoms with Crippen molar-refractivity contribution in [1.29, 1.82) is 0 Å². The minimum atomic E-state index is -3.43. The minimum Gasteiger partial charge on any atom is -0.326 e. The van der Waals surface area contributed by atoms with E-state index in [9.17, 15) is 13.2 Å². The second-order valence-corrected chi connectivity index (χ2v) is 8.69. The van der Waals surface area contributed by atoms with Gasteiger partial charge in [0.05, 0.1) is 4.90 Å². The van der Waals surface area contributed by atoms with E-state index < -0.39 is 10.0 Å². The molecule has 1 heterocycles. The lowest BCUT2D eigenvalue weighted by molar-refractivity contribution is -0.122. The van der Waals surface area contributed by atoms with Crippen LogP contribution < -0.4 is 5.32 Å². The molecule has 2 fully saturated rings. The smallest absolute Gasteiger partial charge is 0.243 e. The van der Waals surface area contributed by atoms with Crippen LogP contribution in [0.1, 0.15) is 39.0 Å². The number of nitrogens with one attached hydrogen (secondary N) is 1. The maximum atomic E-state index is 12.7. The lowest BCUT2D eigenvalue weighted by Gasteiger charge is -2.30. The first-order valence-corrected chi connectivity index (χ1v) is 9.82. The third kappa shape index (κ3) is 3.58. The van der Waals surface area contributed by atoms with Crippen molar-refractivity contribution in [2.75, 3.05) is 18.4 Å². The van der Waals surface area contributed by atoms with Crippen molar-refractivity contribution in [2.24, 2.45) is 11.8 Å². The molecule has 1 atom stereocenters. The van der Waals surface area contributed by atoms with Crippen molar-refractivity contribution in [3.8, 4) is 0 Å². The van der Waals surface area contributed by atoms with E-state index >= 15 is 0 Å². The zero-order valence-corrected chi connectivity index (χ0v) is 14.3. The predicted octanol–water partition coefficient (Wildman–Crippen LogP) is 2.85. The van der Waals surface area contributed by atoms with Gasteiger partial charge < -0.3 is 5.32 Å². The van der Waals surface area contributed by atoms with Gasteiger partial charge in [0, 0.05) is 24.7 Å². The highest BCUT2D eigenvalue weighted by Crippen LogP contribution is 2.28. The highest BCUT2D eigenvalue weighted by Gasteiger charge is 2.29. The van der Waals surface area contributed by atoms with Gasteiger partial charge in [-0.15, -0.1) is 0 Å². The summed E-state index contributed by atoms with van der Waals surface area (Å²) in [5.74, 6) is 0.560. The molecule has 6 heteroatoms. The first kappa shape index (κ1) is 16.5. The van der Waals surface area contributed by atoms with Crippen LogP contribution in [0.25, 0.3) is 0 Å². The zero-order valence-electron chi connectivity index (χ0n) is 13.5. The number of amides is 1. The average Bonchev–Trinajstić information content (AvgIpc) is 2.46. The number of hydrogen-bond donors (Lipinski definition) is 1. The molecule has 0 spiro atoms. The Kier molecular flexibility index (Phi) is 4.73. The third-order valence-corrected chi connectivity index (χ3v) is 6.73. The Bertz CT molecular complexity index is 666. The molecule has 1 aromatic rings. The van der Waals surface area contributed by atoms with Crippen molar-refractivity contribution in [1.82, 2.24) is 4.31 Å². The van der Waals surface area contributed by atoms with E-state index in [0.717, 1.165) is 32.1 Å². The maximum absolute atomic E-state index is 12.7. The van der Waals surface area contributed by atoms with Crippen molar-refractivity contribution >= 4 is 21.6 Å². The van der Waals surface area contributed by atoms with Gasteiger partial charge in [0.15, 0.2) is 0 Å². The summed E-state index contributed by atoms with van der Waals surface area (Å²) in [5.41, 5.74) is 0.660. The number of nitrogens with zero attached hydrogens (tertiary/aromatic N) is 1. The summed E-state index contributed by atoms with van der Waals surface area (Å²) in [4.78, 5) is 12.2. The van der Waals surface area contributed by atoms with E-state index in [2.05, 4.69) is 12.2 Å². The zero-order chi connectivity index (χ0) is 16.4. The summed E-state index contributed by atoms with van der Waals surface area (Å²) in [5, 5.41) is 2.86. The number of anilines is 1. The molecule has 0 radical (unpaired) electrons. The van der Waals surface area contributed by atoms with Crippen LogP contribution in [0.3, 0.4) is 0 Å². The molecular weight excluding hydrogens is 312 g/mol. The number of piperidine rings is 1. The molecule has 1 aliphatic heterocycles. The lowest BCUT2D eigenvalue weighted by atomic mass is 9.85. The second kappa shape index (κ2) is 6.61. The number of benzene rings is 1. The molecule has 5 nitrogen and oxygen atoms in total. The average molecular weight is 336 g/mol. The standard InChI is InChI=1S/C17H24N2O3S/c1-13-4-3-11-19(12-13)23(21,22)16-9-7-15(8-10-16)18-17(20)14-5-2-6-14/h7-10,13-14H,2-6,11-12H2,1H3,(H,18,20). The van der Waals surface area contributed by atoms with Crippen molar-refractivity contribution in [3.63, 3.8) is 0 Å². The van der Waals surface area contributed by atoms with E-state index in [1.807, 2.05) is 0 Å². The van der Waals surface area contributed by atoms with Gasteiger partial charge in [-0.05, 0) is 55.9 Å². The van der Waals surface area contributed by atoms with E-state index in [1.54, 1.807) is 28.6 Å². The molecule has 1 saturated heterocycles. The van der Waals surface area contributed by atoms with Crippen LogP contribution >= 0.6 is 0 Å². The van der Waals surface area contributed by atoms with Gasteiger partial charge in [-0.3, -0.25) is 4.79 Å². The molecular formula is C17H24N2O3S. The van der Waals surface area contributed by atoms with Crippen LogP contribution in [0.4, 0.5) is 5.69 Å². The van der Waals surface area contributed by atoms with E-state index in [4.69, 9.17) is 0 Å². The Balaban J connectivity index is 1.69. The van der Waals surface area contributed by atoms with E-state index in [1.165, 1.54) is 0 Å². The van der Waals surface area contributed by atoms with Gasteiger partial charge in [0.1, 0.15) is 0 Å². The Morgan fingerprint density at radius 1 is 1.13 bits per heavy atom.